The first-order valence-corrected chi connectivity index (χ1v) is 8.09. The summed E-state index contributed by atoms with van der Waals surface area (Å²) in [5.74, 6) is 0.545. The van der Waals surface area contributed by atoms with Crippen molar-refractivity contribution < 1.29 is 4.74 Å². The van der Waals surface area contributed by atoms with E-state index in [1.165, 1.54) is 12.0 Å². The fourth-order valence-corrected chi connectivity index (χ4v) is 2.87. The van der Waals surface area contributed by atoms with Crippen LogP contribution in [0.1, 0.15) is 38.8 Å². The first-order chi connectivity index (χ1) is 10.1. The second-order valence-electron chi connectivity index (χ2n) is 5.90. The van der Waals surface area contributed by atoms with Crippen LogP contribution in [0.5, 0.6) is 0 Å². The van der Waals surface area contributed by atoms with E-state index < -0.39 is 0 Å². The van der Waals surface area contributed by atoms with Crippen molar-refractivity contribution in [2.24, 2.45) is 5.92 Å². The Labute approximate surface area is 130 Å². The molecule has 0 saturated heterocycles. The lowest BCUT2D eigenvalue weighted by Gasteiger charge is -2.34. The molecule has 1 aromatic carbocycles. The Balaban J connectivity index is 2.71. The Kier molecular flexibility index (Phi) is 8.58. The highest BCUT2D eigenvalue weighted by Crippen LogP contribution is 2.23. The molecular weight excluding hydrogens is 260 g/mol. The lowest BCUT2D eigenvalue weighted by Crippen LogP contribution is -2.41. The summed E-state index contributed by atoms with van der Waals surface area (Å²) in [5, 5.41) is 3.48. The van der Waals surface area contributed by atoms with Crippen molar-refractivity contribution in [1.82, 2.24) is 10.2 Å². The van der Waals surface area contributed by atoms with E-state index >= 15 is 0 Å². The van der Waals surface area contributed by atoms with E-state index in [9.17, 15) is 0 Å². The minimum Gasteiger partial charge on any atom is -0.383 e. The van der Waals surface area contributed by atoms with E-state index in [0.29, 0.717) is 18.0 Å². The van der Waals surface area contributed by atoms with E-state index in [2.05, 4.69) is 68.4 Å². The van der Waals surface area contributed by atoms with E-state index in [1.807, 2.05) is 0 Å². The van der Waals surface area contributed by atoms with Crippen molar-refractivity contribution in [3.63, 3.8) is 0 Å². The molecule has 0 spiro atoms. The number of rotatable bonds is 10. The molecule has 3 heteroatoms. The van der Waals surface area contributed by atoms with Crippen LogP contribution in [0, 0.1) is 5.92 Å². The third kappa shape index (κ3) is 5.77. The molecule has 0 heterocycles. The average molecular weight is 292 g/mol. The second kappa shape index (κ2) is 9.93. The fraction of sp³-hybridized carbons (Fsp3) is 0.667. The highest BCUT2D eigenvalue weighted by molar-refractivity contribution is 5.19. The number of hydrogen-bond acceptors (Lipinski definition) is 3. The van der Waals surface area contributed by atoms with Gasteiger partial charge < -0.3 is 10.1 Å². The van der Waals surface area contributed by atoms with Gasteiger partial charge >= 0.3 is 0 Å². The Bertz CT molecular complexity index is 369. The van der Waals surface area contributed by atoms with Gasteiger partial charge in [-0.05, 0) is 31.9 Å². The molecule has 0 aliphatic rings. The van der Waals surface area contributed by atoms with Gasteiger partial charge in [0.05, 0.1) is 6.61 Å². The molecule has 0 saturated carbocycles. The minimum absolute atomic E-state index is 0.389. The summed E-state index contributed by atoms with van der Waals surface area (Å²) in [6, 6.07) is 11.7. The largest absolute Gasteiger partial charge is 0.383 e. The van der Waals surface area contributed by atoms with Gasteiger partial charge in [-0.3, -0.25) is 4.90 Å². The number of methoxy groups -OCH3 is 1. The Morgan fingerprint density at radius 2 is 1.86 bits per heavy atom. The van der Waals surface area contributed by atoms with Gasteiger partial charge in [0.2, 0.25) is 0 Å². The molecule has 0 radical (unpaired) electrons. The van der Waals surface area contributed by atoms with Crippen LogP contribution >= 0.6 is 0 Å². The Morgan fingerprint density at radius 3 is 2.38 bits per heavy atom. The normalized spacial score (nSPS) is 15.9. The summed E-state index contributed by atoms with van der Waals surface area (Å²) < 4.78 is 5.26. The fourth-order valence-electron chi connectivity index (χ4n) is 2.87. The summed E-state index contributed by atoms with van der Waals surface area (Å²) in [4.78, 5) is 2.54. The predicted molar refractivity (Wildman–Crippen MR) is 90.6 cm³/mol. The molecule has 0 fully saturated rings. The minimum atomic E-state index is 0.389. The van der Waals surface area contributed by atoms with Gasteiger partial charge in [0, 0.05) is 32.3 Å². The number of nitrogens with zero attached hydrogens (tertiary/aromatic N) is 1. The van der Waals surface area contributed by atoms with Crippen molar-refractivity contribution in [2.75, 3.05) is 33.9 Å². The number of ether oxygens (including phenoxy) is 1. The van der Waals surface area contributed by atoms with Crippen molar-refractivity contribution in [3.05, 3.63) is 35.9 Å². The molecule has 1 rings (SSSR count). The van der Waals surface area contributed by atoms with Gasteiger partial charge in [0.15, 0.2) is 0 Å². The van der Waals surface area contributed by atoms with Gasteiger partial charge in [0.1, 0.15) is 0 Å². The maximum absolute atomic E-state index is 5.26. The van der Waals surface area contributed by atoms with Crippen molar-refractivity contribution in [1.29, 1.82) is 0 Å². The van der Waals surface area contributed by atoms with Gasteiger partial charge in [-0.25, -0.2) is 0 Å². The van der Waals surface area contributed by atoms with Crippen molar-refractivity contribution in [3.8, 4) is 0 Å². The van der Waals surface area contributed by atoms with Crippen molar-refractivity contribution >= 4 is 0 Å². The van der Waals surface area contributed by atoms with Gasteiger partial charge in [-0.1, -0.05) is 44.2 Å². The van der Waals surface area contributed by atoms with Crippen LogP contribution in [0.2, 0.25) is 0 Å². The van der Waals surface area contributed by atoms with Crippen molar-refractivity contribution in [2.45, 2.75) is 39.3 Å². The first-order valence-electron chi connectivity index (χ1n) is 8.09. The van der Waals surface area contributed by atoms with Crippen LogP contribution in [-0.4, -0.2) is 44.8 Å². The van der Waals surface area contributed by atoms with Crippen LogP contribution in [0.3, 0.4) is 0 Å². The Morgan fingerprint density at radius 1 is 1.19 bits per heavy atom. The molecule has 3 atom stereocenters. The second-order valence-corrected chi connectivity index (χ2v) is 5.90. The van der Waals surface area contributed by atoms with E-state index in [0.717, 1.165) is 19.7 Å². The molecule has 1 N–H and O–H groups in total. The zero-order chi connectivity index (χ0) is 15.7. The first kappa shape index (κ1) is 18.1. The number of hydrogen-bond donors (Lipinski definition) is 1. The molecule has 3 unspecified atom stereocenters. The molecule has 0 aliphatic carbocycles. The summed E-state index contributed by atoms with van der Waals surface area (Å²) in [6.07, 6.45) is 1.17. The summed E-state index contributed by atoms with van der Waals surface area (Å²) in [5.41, 5.74) is 1.36. The highest BCUT2D eigenvalue weighted by atomic mass is 16.5. The molecule has 0 amide bonds. The predicted octanol–water partition coefficient (Wildman–Crippen LogP) is 3.33. The smallest absolute Gasteiger partial charge is 0.0589 e. The monoisotopic (exact) mass is 292 g/mol. The average Bonchev–Trinajstić information content (AvgIpc) is 2.52. The highest BCUT2D eigenvalue weighted by Gasteiger charge is 2.22. The third-order valence-electron chi connectivity index (χ3n) is 4.36. The SMILES string of the molecule is CCC(C)N(CCOC)CC(C)C(NC)c1ccccc1. The van der Waals surface area contributed by atoms with E-state index in [4.69, 9.17) is 4.74 Å². The van der Waals surface area contributed by atoms with E-state index in [1.54, 1.807) is 7.11 Å². The van der Waals surface area contributed by atoms with Gasteiger partial charge in [0.25, 0.3) is 0 Å². The Hall–Kier alpha value is -0.900. The topological polar surface area (TPSA) is 24.5 Å². The lowest BCUT2D eigenvalue weighted by molar-refractivity contribution is 0.105. The molecule has 0 bridgehead atoms. The van der Waals surface area contributed by atoms with Crippen LogP contribution in [0.15, 0.2) is 30.3 Å². The maximum atomic E-state index is 5.26. The van der Waals surface area contributed by atoms with Crippen LogP contribution in [0.25, 0.3) is 0 Å². The molecule has 0 aromatic heterocycles. The lowest BCUT2D eigenvalue weighted by atomic mass is 9.93. The van der Waals surface area contributed by atoms with Gasteiger partial charge in [-0.15, -0.1) is 0 Å². The van der Waals surface area contributed by atoms with Crippen LogP contribution in [-0.2, 0) is 4.74 Å². The molecule has 0 aliphatic heterocycles. The molecule has 21 heavy (non-hydrogen) atoms. The standard InChI is InChI=1S/C18H32N2O/c1-6-16(3)20(12-13-21-5)14-15(2)18(19-4)17-10-8-7-9-11-17/h7-11,15-16,18-19H,6,12-14H2,1-5H3. The maximum Gasteiger partial charge on any atom is 0.0589 e. The molecule has 1 aromatic rings. The third-order valence-corrected chi connectivity index (χ3v) is 4.36. The zero-order valence-corrected chi connectivity index (χ0v) is 14.3. The quantitative estimate of drug-likeness (QED) is 0.716. The van der Waals surface area contributed by atoms with Crippen LogP contribution in [0.4, 0.5) is 0 Å². The van der Waals surface area contributed by atoms with Crippen LogP contribution < -0.4 is 5.32 Å². The summed E-state index contributed by atoms with van der Waals surface area (Å²) in [6.45, 7) is 9.77. The van der Waals surface area contributed by atoms with E-state index in [-0.39, 0.29) is 0 Å². The van der Waals surface area contributed by atoms with Gasteiger partial charge in [-0.2, -0.15) is 0 Å². The molecule has 3 nitrogen and oxygen atoms in total. The number of benzene rings is 1. The summed E-state index contributed by atoms with van der Waals surface area (Å²) >= 11 is 0. The molecule has 120 valence electrons. The summed E-state index contributed by atoms with van der Waals surface area (Å²) in [7, 11) is 3.83. The number of nitrogens with one attached hydrogen (secondary N) is 1. The molecular formula is C18H32N2O. The zero-order valence-electron chi connectivity index (χ0n) is 14.3.